The standard InChI is InChI=1S/C21H26N8O.H2/c1-2-16-9-17(25-21-24-15-29(26-21)20-12-22-3-4-23-20)11-18(10-16)28-13-19(14-28)27-5-7-30-8-6-27;/h3-4,9-12,15,19H,2,5-8,13-14H2,1H3,(H,25,26);1H. The molecule has 0 aliphatic carbocycles. The molecule has 2 saturated heterocycles. The molecule has 1 N–H and O–H groups in total. The summed E-state index contributed by atoms with van der Waals surface area (Å²) in [6.07, 6.45) is 7.54. The van der Waals surface area contributed by atoms with Gasteiger partial charge in [0.1, 0.15) is 6.33 Å². The highest BCUT2D eigenvalue weighted by Gasteiger charge is 2.32. The molecule has 0 amide bonds. The number of aromatic nitrogens is 5. The number of rotatable bonds is 6. The van der Waals surface area contributed by atoms with Gasteiger partial charge in [0.2, 0.25) is 5.95 Å². The van der Waals surface area contributed by atoms with Crippen LogP contribution in [-0.4, -0.2) is 75.1 Å². The minimum Gasteiger partial charge on any atom is -0.379 e. The number of anilines is 3. The molecule has 1 aromatic carbocycles. The summed E-state index contributed by atoms with van der Waals surface area (Å²) < 4.78 is 7.09. The Morgan fingerprint density at radius 2 is 2.00 bits per heavy atom. The van der Waals surface area contributed by atoms with Gasteiger partial charge in [0, 0.05) is 57.4 Å². The molecule has 0 saturated carbocycles. The van der Waals surface area contributed by atoms with Crippen molar-refractivity contribution in [2.75, 3.05) is 49.6 Å². The van der Waals surface area contributed by atoms with Gasteiger partial charge in [0.05, 0.1) is 19.4 Å². The van der Waals surface area contributed by atoms with E-state index < -0.39 is 0 Å². The number of morpholine rings is 1. The topological polar surface area (TPSA) is 84.2 Å². The van der Waals surface area contributed by atoms with Gasteiger partial charge in [-0.15, -0.1) is 5.10 Å². The zero-order chi connectivity index (χ0) is 20.3. The third-order valence-corrected chi connectivity index (χ3v) is 5.71. The Hall–Kier alpha value is -3.04. The number of hydrogen-bond donors (Lipinski definition) is 1. The van der Waals surface area contributed by atoms with Crippen molar-refractivity contribution < 1.29 is 6.16 Å². The Morgan fingerprint density at radius 1 is 1.13 bits per heavy atom. The molecule has 0 radical (unpaired) electrons. The van der Waals surface area contributed by atoms with Crippen LogP contribution >= 0.6 is 0 Å². The van der Waals surface area contributed by atoms with E-state index in [2.05, 4.69) is 60.3 Å². The van der Waals surface area contributed by atoms with Crippen LogP contribution in [-0.2, 0) is 11.2 Å². The number of ether oxygens (including phenoxy) is 1. The number of nitrogens with one attached hydrogen (secondary N) is 1. The summed E-state index contributed by atoms with van der Waals surface area (Å²) >= 11 is 0. The van der Waals surface area contributed by atoms with Crippen LogP contribution in [0.15, 0.2) is 43.1 Å². The van der Waals surface area contributed by atoms with E-state index in [1.165, 1.54) is 11.3 Å². The van der Waals surface area contributed by atoms with Gasteiger partial charge < -0.3 is 15.0 Å². The molecule has 2 aliphatic heterocycles. The molecule has 0 atom stereocenters. The van der Waals surface area contributed by atoms with Gasteiger partial charge in [-0.25, -0.2) is 4.98 Å². The van der Waals surface area contributed by atoms with Gasteiger partial charge in [0.25, 0.3) is 0 Å². The summed E-state index contributed by atoms with van der Waals surface area (Å²) in [5.74, 6) is 1.17. The Bertz CT molecular complexity index is 986. The fourth-order valence-electron chi connectivity index (χ4n) is 3.94. The van der Waals surface area contributed by atoms with Crippen molar-refractivity contribution in [2.24, 2.45) is 0 Å². The maximum absolute atomic E-state index is 5.48. The zero-order valence-electron chi connectivity index (χ0n) is 17.1. The van der Waals surface area contributed by atoms with Crippen molar-refractivity contribution in [3.8, 4) is 5.82 Å². The van der Waals surface area contributed by atoms with E-state index in [4.69, 9.17) is 4.74 Å². The van der Waals surface area contributed by atoms with E-state index in [0.29, 0.717) is 17.8 Å². The fraction of sp³-hybridized carbons (Fsp3) is 0.429. The summed E-state index contributed by atoms with van der Waals surface area (Å²) in [5.41, 5.74) is 3.53. The molecule has 0 unspecified atom stereocenters. The molecule has 9 heteroatoms. The van der Waals surface area contributed by atoms with E-state index in [-0.39, 0.29) is 1.43 Å². The van der Waals surface area contributed by atoms with E-state index in [1.807, 2.05) is 0 Å². The van der Waals surface area contributed by atoms with Crippen LogP contribution in [0.25, 0.3) is 5.82 Å². The smallest absolute Gasteiger partial charge is 0.247 e. The van der Waals surface area contributed by atoms with E-state index in [1.54, 1.807) is 29.6 Å². The van der Waals surface area contributed by atoms with Gasteiger partial charge in [0.15, 0.2) is 5.82 Å². The first-order valence-corrected chi connectivity index (χ1v) is 10.4. The first-order chi connectivity index (χ1) is 14.8. The lowest BCUT2D eigenvalue weighted by Gasteiger charge is -2.47. The molecule has 4 heterocycles. The lowest BCUT2D eigenvalue weighted by atomic mass is 10.0. The van der Waals surface area contributed by atoms with Gasteiger partial charge in [-0.2, -0.15) is 9.67 Å². The van der Waals surface area contributed by atoms with E-state index in [0.717, 1.165) is 51.5 Å². The Labute approximate surface area is 177 Å². The van der Waals surface area contributed by atoms with Gasteiger partial charge in [-0.3, -0.25) is 9.88 Å². The number of nitrogens with zero attached hydrogens (tertiary/aromatic N) is 7. The summed E-state index contributed by atoms with van der Waals surface area (Å²) in [7, 11) is 0. The van der Waals surface area contributed by atoms with Gasteiger partial charge >= 0.3 is 0 Å². The van der Waals surface area contributed by atoms with Crippen LogP contribution < -0.4 is 10.2 Å². The first kappa shape index (κ1) is 19.0. The molecule has 5 rings (SSSR count). The zero-order valence-corrected chi connectivity index (χ0v) is 17.1. The predicted molar refractivity (Wildman–Crippen MR) is 117 cm³/mol. The molecule has 9 nitrogen and oxygen atoms in total. The van der Waals surface area contributed by atoms with Crippen molar-refractivity contribution in [3.05, 3.63) is 48.7 Å². The molecule has 2 aliphatic rings. The summed E-state index contributed by atoms with van der Waals surface area (Å²) in [4.78, 5) is 17.7. The lowest BCUT2D eigenvalue weighted by Crippen LogP contribution is -2.61. The van der Waals surface area contributed by atoms with Crippen LogP contribution in [0.4, 0.5) is 17.3 Å². The number of benzene rings is 1. The summed E-state index contributed by atoms with van der Waals surface area (Å²) in [6.45, 7) is 8.09. The molecule has 30 heavy (non-hydrogen) atoms. The van der Waals surface area contributed by atoms with Crippen LogP contribution in [0.5, 0.6) is 0 Å². The van der Waals surface area contributed by atoms with Crippen molar-refractivity contribution in [3.63, 3.8) is 0 Å². The minimum atomic E-state index is 0. The molecule has 0 spiro atoms. The molecule has 158 valence electrons. The molecular weight excluding hydrogens is 380 g/mol. The van der Waals surface area contributed by atoms with Crippen LogP contribution in [0.1, 0.15) is 13.9 Å². The number of hydrogen-bond acceptors (Lipinski definition) is 8. The maximum Gasteiger partial charge on any atom is 0.247 e. The molecular formula is C21H28N8O. The Balaban J connectivity index is 0.00000231. The Kier molecular flexibility index (Phi) is 5.29. The second kappa shape index (κ2) is 8.37. The molecule has 3 aromatic rings. The second-order valence-electron chi connectivity index (χ2n) is 7.65. The Morgan fingerprint density at radius 3 is 2.77 bits per heavy atom. The van der Waals surface area contributed by atoms with E-state index in [9.17, 15) is 0 Å². The predicted octanol–water partition coefficient (Wildman–Crippen LogP) is 2.13. The van der Waals surface area contributed by atoms with Gasteiger partial charge in [-0.05, 0) is 30.2 Å². The molecule has 2 fully saturated rings. The van der Waals surface area contributed by atoms with Crippen LogP contribution in [0.2, 0.25) is 0 Å². The lowest BCUT2D eigenvalue weighted by molar-refractivity contribution is 0.0105. The molecule has 0 bridgehead atoms. The first-order valence-electron chi connectivity index (χ1n) is 10.4. The molecule has 2 aromatic heterocycles. The highest BCUT2D eigenvalue weighted by molar-refractivity contribution is 5.65. The monoisotopic (exact) mass is 408 g/mol. The summed E-state index contributed by atoms with van der Waals surface area (Å²) in [5, 5.41) is 7.81. The van der Waals surface area contributed by atoms with Gasteiger partial charge in [-0.1, -0.05) is 6.92 Å². The number of aryl methyl sites for hydroxylation is 1. The van der Waals surface area contributed by atoms with Crippen molar-refractivity contribution in [1.82, 2.24) is 29.6 Å². The van der Waals surface area contributed by atoms with Crippen molar-refractivity contribution >= 4 is 17.3 Å². The van der Waals surface area contributed by atoms with Crippen LogP contribution in [0, 0.1) is 0 Å². The van der Waals surface area contributed by atoms with Crippen LogP contribution in [0.3, 0.4) is 0 Å². The summed E-state index contributed by atoms with van der Waals surface area (Å²) in [6, 6.07) is 7.25. The van der Waals surface area contributed by atoms with E-state index >= 15 is 0 Å². The largest absolute Gasteiger partial charge is 0.379 e. The maximum atomic E-state index is 5.48. The fourth-order valence-corrected chi connectivity index (χ4v) is 3.94. The highest BCUT2D eigenvalue weighted by atomic mass is 16.5. The quantitative estimate of drug-likeness (QED) is 0.664. The average Bonchev–Trinajstić information content (AvgIpc) is 3.22. The second-order valence-corrected chi connectivity index (χ2v) is 7.65. The van der Waals surface area contributed by atoms with Crippen molar-refractivity contribution in [1.29, 1.82) is 0 Å². The third-order valence-electron chi connectivity index (χ3n) is 5.71. The third kappa shape index (κ3) is 3.99. The SMILES string of the molecule is CCc1cc(Nc2ncn(-c3cnccn3)n2)cc(N2CC(N3CCOCC3)C2)c1.[HH]. The average molecular weight is 409 g/mol. The van der Waals surface area contributed by atoms with Crippen molar-refractivity contribution in [2.45, 2.75) is 19.4 Å². The minimum absolute atomic E-state index is 0. The normalized spacial score (nSPS) is 17.7. The highest BCUT2D eigenvalue weighted by Crippen LogP contribution is 2.29.